The van der Waals surface area contributed by atoms with E-state index in [1.807, 2.05) is 0 Å². The lowest BCUT2D eigenvalue weighted by Gasteiger charge is -2.38. The van der Waals surface area contributed by atoms with Gasteiger partial charge < -0.3 is 5.73 Å². The van der Waals surface area contributed by atoms with Crippen molar-refractivity contribution in [3.05, 3.63) is 34.3 Å². The molecule has 2 nitrogen and oxygen atoms in total. The highest BCUT2D eigenvalue weighted by Crippen LogP contribution is 2.39. The molecule has 1 aromatic carbocycles. The molecule has 0 atom stereocenters. The van der Waals surface area contributed by atoms with Crippen LogP contribution < -0.4 is 5.73 Å². The Balaban J connectivity index is 1.76. The van der Waals surface area contributed by atoms with Gasteiger partial charge in [-0.05, 0) is 62.4 Å². The van der Waals surface area contributed by atoms with Crippen molar-refractivity contribution < 1.29 is 0 Å². The van der Waals surface area contributed by atoms with E-state index in [1.54, 1.807) is 0 Å². The van der Waals surface area contributed by atoms with Crippen LogP contribution >= 0.6 is 11.6 Å². The van der Waals surface area contributed by atoms with Gasteiger partial charge >= 0.3 is 0 Å². The van der Waals surface area contributed by atoms with Crippen molar-refractivity contribution in [2.45, 2.75) is 44.2 Å². The number of nitrogens with two attached hydrogens (primary N) is 1. The molecule has 0 unspecified atom stereocenters. The van der Waals surface area contributed by atoms with Crippen LogP contribution in [0.15, 0.2) is 18.2 Å². The van der Waals surface area contributed by atoms with Gasteiger partial charge in [0.25, 0.3) is 0 Å². The fourth-order valence-electron chi connectivity index (χ4n) is 3.01. The van der Waals surface area contributed by atoms with Crippen molar-refractivity contribution in [3.8, 4) is 0 Å². The third kappa shape index (κ3) is 2.29. The summed E-state index contributed by atoms with van der Waals surface area (Å²) in [6.45, 7) is 3.40. The Labute approximate surface area is 114 Å². The van der Waals surface area contributed by atoms with E-state index in [0.29, 0.717) is 0 Å². The van der Waals surface area contributed by atoms with Gasteiger partial charge in [-0.2, -0.15) is 0 Å². The van der Waals surface area contributed by atoms with Crippen LogP contribution in [0, 0.1) is 0 Å². The standard InChI is InChI=1S/C15H21ClN2/c16-14-10-13(15(17)6-3-7-15)5-4-12(14)11-18-8-1-2-9-18/h4-5,10H,1-3,6-9,11,17H2. The highest BCUT2D eigenvalue weighted by atomic mass is 35.5. The Morgan fingerprint density at radius 3 is 2.44 bits per heavy atom. The van der Waals surface area contributed by atoms with Crippen LogP contribution in [0.3, 0.4) is 0 Å². The fourth-order valence-corrected chi connectivity index (χ4v) is 3.25. The zero-order valence-electron chi connectivity index (χ0n) is 10.8. The Bertz CT molecular complexity index is 434. The SMILES string of the molecule is NC1(c2ccc(CN3CCCC3)c(Cl)c2)CCC1. The number of likely N-dealkylation sites (tertiary alicyclic amines) is 1. The molecule has 1 aliphatic heterocycles. The lowest BCUT2D eigenvalue weighted by atomic mass is 9.73. The molecule has 2 fully saturated rings. The van der Waals surface area contributed by atoms with Gasteiger partial charge in [0.1, 0.15) is 0 Å². The first-order valence-corrected chi connectivity index (χ1v) is 7.35. The zero-order valence-corrected chi connectivity index (χ0v) is 11.5. The van der Waals surface area contributed by atoms with E-state index in [0.717, 1.165) is 24.4 Å². The predicted octanol–water partition coefficient (Wildman–Crippen LogP) is 3.27. The molecule has 0 spiro atoms. The summed E-state index contributed by atoms with van der Waals surface area (Å²) < 4.78 is 0. The first-order valence-electron chi connectivity index (χ1n) is 6.98. The first-order chi connectivity index (χ1) is 8.67. The minimum atomic E-state index is -0.101. The maximum Gasteiger partial charge on any atom is 0.0454 e. The second-order valence-corrected chi connectivity index (χ2v) is 6.21. The van der Waals surface area contributed by atoms with Gasteiger partial charge in [0.15, 0.2) is 0 Å². The topological polar surface area (TPSA) is 29.3 Å². The summed E-state index contributed by atoms with van der Waals surface area (Å²) in [7, 11) is 0. The molecule has 0 bridgehead atoms. The van der Waals surface area contributed by atoms with Gasteiger partial charge in [-0.15, -0.1) is 0 Å². The van der Waals surface area contributed by atoms with E-state index in [4.69, 9.17) is 17.3 Å². The molecule has 2 aliphatic rings. The number of halogens is 1. The summed E-state index contributed by atoms with van der Waals surface area (Å²) in [4.78, 5) is 2.47. The van der Waals surface area contributed by atoms with Gasteiger partial charge in [-0.25, -0.2) is 0 Å². The van der Waals surface area contributed by atoms with Gasteiger partial charge in [-0.3, -0.25) is 4.90 Å². The number of nitrogens with zero attached hydrogens (tertiary/aromatic N) is 1. The van der Waals surface area contributed by atoms with Crippen LogP contribution in [-0.4, -0.2) is 18.0 Å². The Hall–Kier alpha value is -0.570. The summed E-state index contributed by atoms with van der Waals surface area (Å²) in [5.41, 5.74) is 8.69. The zero-order chi connectivity index (χ0) is 12.6. The molecular weight excluding hydrogens is 244 g/mol. The van der Waals surface area contributed by atoms with Crippen molar-refractivity contribution in [1.82, 2.24) is 4.90 Å². The van der Waals surface area contributed by atoms with Crippen molar-refractivity contribution in [2.75, 3.05) is 13.1 Å². The van der Waals surface area contributed by atoms with Crippen LogP contribution in [-0.2, 0) is 12.1 Å². The summed E-state index contributed by atoms with van der Waals surface area (Å²) in [5, 5.41) is 0.885. The van der Waals surface area contributed by atoms with E-state index in [1.165, 1.54) is 43.5 Å². The maximum absolute atomic E-state index is 6.41. The lowest BCUT2D eigenvalue weighted by Crippen LogP contribution is -2.43. The van der Waals surface area contributed by atoms with Crippen LogP contribution in [0.25, 0.3) is 0 Å². The third-order valence-corrected chi connectivity index (χ3v) is 4.82. The van der Waals surface area contributed by atoms with Crippen molar-refractivity contribution in [3.63, 3.8) is 0 Å². The predicted molar refractivity (Wildman–Crippen MR) is 75.7 cm³/mol. The monoisotopic (exact) mass is 264 g/mol. The van der Waals surface area contributed by atoms with Crippen LogP contribution in [0.4, 0.5) is 0 Å². The normalized spacial score (nSPS) is 23.0. The molecule has 0 radical (unpaired) electrons. The molecule has 18 heavy (non-hydrogen) atoms. The Kier molecular flexibility index (Phi) is 3.35. The molecule has 1 aromatic rings. The van der Waals surface area contributed by atoms with E-state index >= 15 is 0 Å². The highest BCUT2D eigenvalue weighted by Gasteiger charge is 2.34. The van der Waals surface area contributed by atoms with Gasteiger partial charge in [0.05, 0.1) is 0 Å². The summed E-state index contributed by atoms with van der Waals surface area (Å²) >= 11 is 6.41. The minimum absolute atomic E-state index is 0.101. The molecule has 1 heterocycles. The minimum Gasteiger partial charge on any atom is -0.321 e. The van der Waals surface area contributed by atoms with Crippen molar-refractivity contribution in [2.24, 2.45) is 5.73 Å². The average Bonchev–Trinajstić information content (AvgIpc) is 2.81. The molecular formula is C15H21ClN2. The van der Waals surface area contributed by atoms with E-state index in [2.05, 4.69) is 23.1 Å². The van der Waals surface area contributed by atoms with Gasteiger partial charge in [0, 0.05) is 17.1 Å². The van der Waals surface area contributed by atoms with Crippen molar-refractivity contribution >= 4 is 11.6 Å². The Morgan fingerprint density at radius 1 is 1.17 bits per heavy atom. The number of rotatable bonds is 3. The highest BCUT2D eigenvalue weighted by molar-refractivity contribution is 6.31. The van der Waals surface area contributed by atoms with E-state index < -0.39 is 0 Å². The molecule has 1 aliphatic carbocycles. The first kappa shape index (κ1) is 12.5. The van der Waals surface area contributed by atoms with E-state index in [-0.39, 0.29) is 5.54 Å². The van der Waals surface area contributed by atoms with Gasteiger partial charge in [0.2, 0.25) is 0 Å². The fraction of sp³-hybridized carbons (Fsp3) is 0.600. The second kappa shape index (κ2) is 4.84. The molecule has 0 aromatic heterocycles. The van der Waals surface area contributed by atoms with Gasteiger partial charge in [-0.1, -0.05) is 23.7 Å². The average molecular weight is 265 g/mol. The molecule has 3 heteroatoms. The molecule has 3 rings (SSSR count). The lowest BCUT2D eigenvalue weighted by molar-refractivity contribution is 0.253. The smallest absolute Gasteiger partial charge is 0.0454 e. The molecule has 1 saturated heterocycles. The maximum atomic E-state index is 6.41. The van der Waals surface area contributed by atoms with Crippen LogP contribution in [0.1, 0.15) is 43.2 Å². The summed E-state index contributed by atoms with van der Waals surface area (Å²) in [5.74, 6) is 0. The molecule has 98 valence electrons. The van der Waals surface area contributed by atoms with E-state index in [9.17, 15) is 0 Å². The number of benzene rings is 1. The summed E-state index contributed by atoms with van der Waals surface area (Å²) in [6.07, 6.45) is 6.07. The van der Waals surface area contributed by atoms with Crippen molar-refractivity contribution in [1.29, 1.82) is 0 Å². The third-order valence-electron chi connectivity index (χ3n) is 4.47. The molecule has 0 amide bonds. The quantitative estimate of drug-likeness (QED) is 0.908. The molecule has 1 saturated carbocycles. The Morgan fingerprint density at radius 2 is 1.89 bits per heavy atom. The summed E-state index contributed by atoms with van der Waals surface area (Å²) in [6, 6.07) is 6.44. The molecule has 2 N–H and O–H groups in total. The largest absolute Gasteiger partial charge is 0.321 e. The van der Waals surface area contributed by atoms with Crippen LogP contribution in [0.5, 0.6) is 0 Å². The van der Waals surface area contributed by atoms with Crippen LogP contribution in [0.2, 0.25) is 5.02 Å². The second-order valence-electron chi connectivity index (χ2n) is 5.80. The number of hydrogen-bond acceptors (Lipinski definition) is 2. The number of hydrogen-bond donors (Lipinski definition) is 1.